The van der Waals surface area contributed by atoms with E-state index in [9.17, 15) is 9.59 Å². The summed E-state index contributed by atoms with van der Waals surface area (Å²) in [6, 6.07) is 14.6. The Morgan fingerprint density at radius 2 is 1.55 bits per heavy atom. The second-order valence-electron chi connectivity index (χ2n) is 6.82. The number of rotatable bonds is 7. The van der Waals surface area contributed by atoms with Crippen LogP contribution >= 0.6 is 11.6 Å². The van der Waals surface area contributed by atoms with Gasteiger partial charge in [0.05, 0.1) is 7.11 Å². The first-order valence-corrected chi connectivity index (χ1v) is 10.0. The first-order valence-electron chi connectivity index (χ1n) is 9.62. The summed E-state index contributed by atoms with van der Waals surface area (Å²) in [5.41, 5.74) is 1.02. The highest BCUT2D eigenvalue weighted by atomic mass is 35.5. The highest BCUT2D eigenvalue weighted by Crippen LogP contribution is 2.19. The molecule has 2 aromatic carbocycles. The number of ether oxygens (including phenoxy) is 2. The summed E-state index contributed by atoms with van der Waals surface area (Å²) in [5.74, 6) is 1.42. The fourth-order valence-corrected chi connectivity index (χ4v) is 3.41. The third-order valence-corrected chi connectivity index (χ3v) is 5.21. The Hall–Kier alpha value is -2.73. The number of methoxy groups -OCH3 is 1. The summed E-state index contributed by atoms with van der Waals surface area (Å²) in [6.07, 6.45) is 1.06. The van der Waals surface area contributed by atoms with E-state index in [1.54, 1.807) is 36.3 Å². The smallest absolute Gasteiger partial charge is 0.260 e. The SMILES string of the molecule is COc1ccccc1CCC(=O)N1CCN(C(=O)COc2ccc(Cl)cc2)CC1. The van der Waals surface area contributed by atoms with Gasteiger partial charge in [-0.05, 0) is 42.3 Å². The van der Waals surface area contributed by atoms with Gasteiger partial charge in [0.2, 0.25) is 5.91 Å². The third-order valence-electron chi connectivity index (χ3n) is 4.96. The van der Waals surface area contributed by atoms with Gasteiger partial charge in [0.1, 0.15) is 11.5 Å². The highest BCUT2D eigenvalue weighted by Gasteiger charge is 2.24. The highest BCUT2D eigenvalue weighted by molar-refractivity contribution is 6.30. The number of nitrogens with zero attached hydrogens (tertiary/aromatic N) is 2. The summed E-state index contributed by atoms with van der Waals surface area (Å²) in [7, 11) is 1.63. The van der Waals surface area contributed by atoms with E-state index in [0.29, 0.717) is 49.8 Å². The molecule has 1 saturated heterocycles. The van der Waals surface area contributed by atoms with E-state index in [1.165, 1.54) is 0 Å². The zero-order chi connectivity index (χ0) is 20.6. The maximum Gasteiger partial charge on any atom is 0.260 e. The molecule has 29 heavy (non-hydrogen) atoms. The van der Waals surface area contributed by atoms with Gasteiger partial charge in [-0.25, -0.2) is 0 Å². The predicted octanol–water partition coefficient (Wildman–Crippen LogP) is 3.03. The van der Waals surface area contributed by atoms with Crippen LogP contribution in [-0.2, 0) is 16.0 Å². The van der Waals surface area contributed by atoms with Crippen molar-refractivity contribution in [1.82, 2.24) is 9.80 Å². The van der Waals surface area contributed by atoms with Gasteiger partial charge in [0.15, 0.2) is 6.61 Å². The van der Waals surface area contributed by atoms with Crippen molar-refractivity contribution in [2.75, 3.05) is 39.9 Å². The predicted molar refractivity (Wildman–Crippen MR) is 111 cm³/mol. The number of hydrogen-bond donors (Lipinski definition) is 0. The number of hydrogen-bond acceptors (Lipinski definition) is 4. The summed E-state index contributed by atoms with van der Waals surface area (Å²) in [6.45, 7) is 2.09. The Kier molecular flexibility index (Phi) is 7.36. The van der Waals surface area contributed by atoms with Crippen LogP contribution in [0.1, 0.15) is 12.0 Å². The Morgan fingerprint density at radius 1 is 0.931 bits per heavy atom. The van der Waals surface area contributed by atoms with Crippen molar-refractivity contribution in [2.45, 2.75) is 12.8 Å². The number of carbonyl (C=O) groups excluding carboxylic acids is 2. The molecule has 0 radical (unpaired) electrons. The fraction of sp³-hybridized carbons (Fsp3) is 0.364. The maximum atomic E-state index is 12.5. The van der Waals surface area contributed by atoms with E-state index in [0.717, 1.165) is 11.3 Å². The normalized spacial score (nSPS) is 13.9. The number of halogens is 1. The number of carbonyl (C=O) groups is 2. The summed E-state index contributed by atoms with van der Waals surface area (Å²) < 4.78 is 10.9. The van der Waals surface area contributed by atoms with E-state index in [-0.39, 0.29) is 18.4 Å². The van der Waals surface area contributed by atoms with Crippen molar-refractivity contribution in [3.8, 4) is 11.5 Å². The van der Waals surface area contributed by atoms with Crippen LogP contribution in [-0.4, -0.2) is 61.5 Å². The van der Waals surface area contributed by atoms with Gasteiger partial charge in [-0.15, -0.1) is 0 Å². The zero-order valence-corrected chi connectivity index (χ0v) is 17.2. The standard InChI is InChI=1S/C22H25ClN2O4/c1-28-20-5-3-2-4-17(20)6-11-21(26)24-12-14-25(15-13-24)22(27)16-29-19-9-7-18(23)8-10-19/h2-5,7-10H,6,11-16H2,1H3. The molecule has 1 aliphatic heterocycles. The van der Waals surface area contributed by atoms with Crippen molar-refractivity contribution in [1.29, 1.82) is 0 Å². The summed E-state index contributed by atoms with van der Waals surface area (Å²) in [4.78, 5) is 28.4. The van der Waals surface area contributed by atoms with Crippen molar-refractivity contribution < 1.29 is 19.1 Å². The summed E-state index contributed by atoms with van der Waals surface area (Å²) >= 11 is 5.84. The van der Waals surface area contributed by atoms with Crippen LogP contribution < -0.4 is 9.47 Å². The maximum absolute atomic E-state index is 12.5. The number of benzene rings is 2. The van der Waals surface area contributed by atoms with Crippen molar-refractivity contribution in [2.24, 2.45) is 0 Å². The Bertz CT molecular complexity index is 833. The minimum atomic E-state index is -0.0823. The molecule has 7 heteroatoms. The molecular formula is C22H25ClN2O4. The molecule has 0 spiro atoms. The molecule has 3 rings (SSSR count). The van der Waals surface area contributed by atoms with Crippen LogP contribution in [0.2, 0.25) is 5.02 Å². The van der Waals surface area contributed by atoms with Gasteiger partial charge in [-0.1, -0.05) is 29.8 Å². The Balaban J connectivity index is 1.41. The van der Waals surface area contributed by atoms with Gasteiger partial charge in [-0.3, -0.25) is 9.59 Å². The average Bonchev–Trinajstić information content (AvgIpc) is 2.77. The monoisotopic (exact) mass is 416 g/mol. The molecule has 154 valence electrons. The second kappa shape index (κ2) is 10.2. The van der Waals surface area contributed by atoms with E-state index < -0.39 is 0 Å². The minimum absolute atomic E-state index is 0.0244. The Morgan fingerprint density at radius 3 is 2.21 bits per heavy atom. The lowest BCUT2D eigenvalue weighted by Gasteiger charge is -2.34. The van der Waals surface area contributed by atoms with Gasteiger partial charge in [0, 0.05) is 37.6 Å². The molecule has 0 N–H and O–H groups in total. The molecule has 0 aliphatic carbocycles. The van der Waals surface area contributed by atoms with E-state index in [2.05, 4.69) is 0 Å². The van der Waals surface area contributed by atoms with Crippen LogP contribution in [0.5, 0.6) is 11.5 Å². The fourth-order valence-electron chi connectivity index (χ4n) is 3.28. The zero-order valence-electron chi connectivity index (χ0n) is 16.5. The third kappa shape index (κ3) is 5.87. The lowest BCUT2D eigenvalue weighted by Crippen LogP contribution is -2.51. The van der Waals surface area contributed by atoms with Gasteiger partial charge >= 0.3 is 0 Å². The van der Waals surface area contributed by atoms with Crippen molar-refractivity contribution >= 4 is 23.4 Å². The molecule has 6 nitrogen and oxygen atoms in total. The molecule has 1 aliphatic rings. The lowest BCUT2D eigenvalue weighted by molar-refractivity contribution is -0.140. The number of amides is 2. The molecule has 0 aromatic heterocycles. The quantitative estimate of drug-likeness (QED) is 0.696. The van der Waals surface area contributed by atoms with E-state index in [1.807, 2.05) is 29.2 Å². The van der Waals surface area contributed by atoms with Crippen LogP contribution in [0.25, 0.3) is 0 Å². The molecule has 0 unspecified atom stereocenters. The average molecular weight is 417 g/mol. The molecule has 1 heterocycles. The molecule has 0 bridgehead atoms. The van der Waals surface area contributed by atoms with Crippen LogP contribution in [0.3, 0.4) is 0 Å². The van der Waals surface area contributed by atoms with E-state index in [4.69, 9.17) is 21.1 Å². The largest absolute Gasteiger partial charge is 0.496 e. The molecule has 0 saturated carbocycles. The number of aryl methyl sites for hydroxylation is 1. The van der Waals surface area contributed by atoms with E-state index >= 15 is 0 Å². The first-order chi connectivity index (χ1) is 14.1. The minimum Gasteiger partial charge on any atom is -0.496 e. The lowest BCUT2D eigenvalue weighted by atomic mass is 10.1. The van der Waals surface area contributed by atoms with Crippen molar-refractivity contribution in [3.63, 3.8) is 0 Å². The van der Waals surface area contributed by atoms with Gasteiger partial charge < -0.3 is 19.3 Å². The second-order valence-corrected chi connectivity index (χ2v) is 7.25. The molecule has 1 fully saturated rings. The van der Waals surface area contributed by atoms with Crippen molar-refractivity contribution in [3.05, 3.63) is 59.1 Å². The number of para-hydroxylation sites is 1. The molecule has 2 aromatic rings. The van der Waals surface area contributed by atoms with Crippen LogP contribution in [0.15, 0.2) is 48.5 Å². The van der Waals surface area contributed by atoms with Gasteiger partial charge in [0.25, 0.3) is 5.91 Å². The topological polar surface area (TPSA) is 59.1 Å². The summed E-state index contributed by atoms with van der Waals surface area (Å²) in [5, 5.41) is 0.621. The Labute approximate surface area is 176 Å². The molecular weight excluding hydrogens is 392 g/mol. The van der Waals surface area contributed by atoms with Gasteiger partial charge in [-0.2, -0.15) is 0 Å². The molecule has 2 amide bonds. The molecule has 0 atom stereocenters. The first kappa shape index (κ1) is 21.0. The van der Waals surface area contributed by atoms with Crippen LogP contribution in [0, 0.1) is 0 Å². The van der Waals surface area contributed by atoms with Crippen LogP contribution in [0.4, 0.5) is 0 Å². The number of piperazine rings is 1.